The van der Waals surface area contributed by atoms with E-state index in [9.17, 15) is 4.39 Å². The van der Waals surface area contributed by atoms with Crippen molar-refractivity contribution >= 4 is 38.5 Å². The van der Waals surface area contributed by atoms with E-state index in [1.165, 1.54) is 11.3 Å². The van der Waals surface area contributed by atoms with Gasteiger partial charge in [0, 0.05) is 45.5 Å². The maximum atomic E-state index is 13.8. The Morgan fingerprint density at radius 2 is 1.72 bits per heavy atom. The smallest absolute Gasteiger partial charge is 0.187 e. The van der Waals surface area contributed by atoms with E-state index in [0.717, 1.165) is 53.8 Å². The Balaban J connectivity index is 1.35. The van der Waals surface area contributed by atoms with Gasteiger partial charge >= 0.3 is 0 Å². The van der Waals surface area contributed by atoms with Crippen molar-refractivity contribution < 1.29 is 4.39 Å². The number of aromatic nitrogens is 4. The number of fused-ring (bicyclic) bond motifs is 1. The van der Waals surface area contributed by atoms with Gasteiger partial charge in [-0.15, -0.1) is 0 Å². The average Bonchev–Trinajstić information content (AvgIpc) is 3.27. The number of hydrogen-bond acceptors (Lipinski definition) is 6. The van der Waals surface area contributed by atoms with Crippen LogP contribution in [0.4, 0.5) is 15.9 Å². The molecule has 0 amide bonds. The quantitative estimate of drug-likeness (QED) is 0.331. The van der Waals surface area contributed by atoms with Crippen molar-refractivity contribution in [2.24, 2.45) is 5.92 Å². The predicted octanol–water partition coefficient (Wildman–Crippen LogP) is 5.41. The van der Waals surface area contributed by atoms with Gasteiger partial charge in [-0.1, -0.05) is 24.3 Å². The molecule has 0 bridgehead atoms. The molecule has 3 heterocycles. The summed E-state index contributed by atoms with van der Waals surface area (Å²) in [5, 5.41) is 8.13. The minimum absolute atomic E-state index is 0.187. The monoisotopic (exact) mass is 551 g/mol. The van der Waals surface area contributed by atoms with Gasteiger partial charge < -0.3 is 9.80 Å². The Kier molecular flexibility index (Phi) is 7.20. The molecule has 36 heavy (non-hydrogen) atoms. The number of halogens is 2. The number of H-pyrrole nitrogens is 1. The van der Waals surface area contributed by atoms with Crippen LogP contribution in [0.2, 0.25) is 0 Å². The molecule has 2 aromatic heterocycles. The molecule has 1 N–H and O–H groups in total. The average molecular weight is 552 g/mol. The Morgan fingerprint density at radius 3 is 2.39 bits per heavy atom. The van der Waals surface area contributed by atoms with Crippen molar-refractivity contribution in [1.29, 1.82) is 0 Å². The highest BCUT2D eigenvalue weighted by Gasteiger charge is 2.32. The molecule has 7 nitrogen and oxygen atoms in total. The van der Waals surface area contributed by atoms with E-state index in [0.29, 0.717) is 11.6 Å². The van der Waals surface area contributed by atoms with Gasteiger partial charge in [0.1, 0.15) is 22.6 Å². The molecule has 1 saturated heterocycles. The molecular formula is C27H31BrFN7. The zero-order chi connectivity index (χ0) is 25.2. The Hall–Kier alpha value is -3.04. The number of aromatic amines is 1. The van der Waals surface area contributed by atoms with E-state index in [1.807, 2.05) is 12.1 Å². The van der Waals surface area contributed by atoms with Gasteiger partial charge in [-0.3, -0.25) is 10.00 Å². The van der Waals surface area contributed by atoms with Crippen LogP contribution in [-0.4, -0.2) is 59.3 Å². The molecule has 1 aliphatic heterocycles. The first kappa shape index (κ1) is 24.6. The molecule has 1 aliphatic rings. The highest BCUT2D eigenvalue weighted by Crippen LogP contribution is 2.38. The molecule has 188 valence electrons. The second kappa shape index (κ2) is 10.5. The second-order valence-electron chi connectivity index (χ2n) is 9.73. The van der Waals surface area contributed by atoms with Crippen molar-refractivity contribution in [1.82, 2.24) is 25.1 Å². The van der Waals surface area contributed by atoms with Gasteiger partial charge in [0.15, 0.2) is 5.65 Å². The van der Waals surface area contributed by atoms with Crippen molar-refractivity contribution in [2.45, 2.75) is 25.4 Å². The molecule has 5 rings (SSSR count). The van der Waals surface area contributed by atoms with Gasteiger partial charge in [-0.25, -0.2) is 14.4 Å². The summed E-state index contributed by atoms with van der Waals surface area (Å²) in [5.74, 6) is 1.14. The molecule has 1 atom stereocenters. The van der Waals surface area contributed by atoms with E-state index in [-0.39, 0.29) is 11.9 Å². The SMILES string of the molecule is CN(C)c1ccc(CN(C)C(c2ccc(F)cc2)C2CCN(c3ncnc4n[nH]c(Br)c34)CC2)cc1. The molecule has 1 fully saturated rings. The van der Waals surface area contributed by atoms with Gasteiger partial charge in [0.05, 0.1) is 5.39 Å². The summed E-state index contributed by atoms with van der Waals surface area (Å²) in [6.45, 7) is 2.60. The first-order chi connectivity index (χ1) is 17.4. The first-order valence-corrected chi connectivity index (χ1v) is 13.0. The van der Waals surface area contributed by atoms with Gasteiger partial charge in [0.25, 0.3) is 0 Å². The summed E-state index contributed by atoms with van der Waals surface area (Å²) < 4.78 is 14.6. The third-order valence-corrected chi connectivity index (χ3v) is 7.72. The lowest BCUT2D eigenvalue weighted by Crippen LogP contribution is -2.40. The van der Waals surface area contributed by atoms with Crippen LogP contribution in [0, 0.1) is 11.7 Å². The molecule has 0 spiro atoms. The van der Waals surface area contributed by atoms with E-state index in [4.69, 9.17) is 0 Å². The lowest BCUT2D eigenvalue weighted by molar-refractivity contribution is 0.148. The molecule has 0 saturated carbocycles. The summed E-state index contributed by atoms with van der Waals surface area (Å²) >= 11 is 3.55. The molecule has 2 aromatic carbocycles. The van der Waals surface area contributed by atoms with E-state index in [1.54, 1.807) is 18.5 Å². The molecule has 4 aromatic rings. The maximum Gasteiger partial charge on any atom is 0.187 e. The summed E-state index contributed by atoms with van der Waals surface area (Å²) in [6.07, 6.45) is 3.59. The van der Waals surface area contributed by atoms with Crippen molar-refractivity contribution in [3.63, 3.8) is 0 Å². The standard InChI is InChI=1S/C27H31BrFN7/c1-34(2)22-10-4-18(5-11-22)16-35(3)24(19-6-8-21(29)9-7-19)20-12-14-36(15-13-20)27-23-25(28)32-33-26(23)30-17-31-27/h4-11,17,20,24H,12-16H2,1-3H3,(H,30,31,32,33). The molecule has 0 aliphatic carbocycles. The van der Waals surface area contributed by atoms with Gasteiger partial charge in [-0.05, 0) is 77.1 Å². The summed E-state index contributed by atoms with van der Waals surface area (Å²) in [4.78, 5) is 15.7. The lowest BCUT2D eigenvalue weighted by atomic mass is 9.84. The topological polar surface area (TPSA) is 64.2 Å². The lowest BCUT2D eigenvalue weighted by Gasteiger charge is -2.40. The van der Waals surface area contributed by atoms with Crippen LogP contribution in [-0.2, 0) is 6.54 Å². The van der Waals surface area contributed by atoms with Crippen molar-refractivity contribution in [3.8, 4) is 0 Å². The van der Waals surface area contributed by atoms with Crippen molar-refractivity contribution in [2.75, 3.05) is 44.0 Å². The van der Waals surface area contributed by atoms with E-state index in [2.05, 4.69) is 96.2 Å². The number of hydrogen-bond donors (Lipinski definition) is 1. The fraction of sp³-hybridized carbons (Fsp3) is 0.370. The molecule has 1 unspecified atom stereocenters. The zero-order valence-electron chi connectivity index (χ0n) is 20.8. The van der Waals surface area contributed by atoms with Crippen molar-refractivity contribution in [3.05, 3.63) is 76.4 Å². The van der Waals surface area contributed by atoms with Crippen LogP contribution in [0.5, 0.6) is 0 Å². The summed E-state index contributed by atoms with van der Waals surface area (Å²) in [7, 11) is 6.28. The zero-order valence-corrected chi connectivity index (χ0v) is 22.4. The Labute approximate surface area is 219 Å². The van der Waals surface area contributed by atoms with Crippen LogP contribution < -0.4 is 9.80 Å². The number of nitrogens with one attached hydrogen (secondary N) is 1. The van der Waals surface area contributed by atoms with Gasteiger partial charge in [0.2, 0.25) is 0 Å². The molecule has 0 radical (unpaired) electrons. The van der Waals surface area contributed by atoms with E-state index >= 15 is 0 Å². The number of piperidine rings is 1. The summed E-state index contributed by atoms with van der Waals surface area (Å²) in [5.41, 5.74) is 4.27. The Morgan fingerprint density at radius 1 is 1.03 bits per heavy atom. The highest BCUT2D eigenvalue weighted by molar-refractivity contribution is 9.10. The third kappa shape index (κ3) is 5.08. The van der Waals surface area contributed by atoms with Gasteiger partial charge in [-0.2, -0.15) is 5.10 Å². The fourth-order valence-electron chi connectivity index (χ4n) is 5.31. The Bertz CT molecular complexity index is 1300. The minimum Gasteiger partial charge on any atom is -0.378 e. The fourth-order valence-corrected chi connectivity index (χ4v) is 5.75. The van der Waals surface area contributed by atoms with E-state index < -0.39 is 0 Å². The third-order valence-electron chi connectivity index (χ3n) is 7.14. The van der Waals surface area contributed by atoms with Crippen LogP contribution >= 0.6 is 15.9 Å². The highest BCUT2D eigenvalue weighted by atomic mass is 79.9. The summed E-state index contributed by atoms with van der Waals surface area (Å²) in [6, 6.07) is 15.9. The first-order valence-electron chi connectivity index (χ1n) is 12.2. The van der Waals surface area contributed by atoms with Crippen LogP contribution in [0.25, 0.3) is 11.0 Å². The van der Waals surface area contributed by atoms with Crippen LogP contribution in [0.3, 0.4) is 0 Å². The predicted molar refractivity (Wildman–Crippen MR) is 146 cm³/mol. The largest absolute Gasteiger partial charge is 0.378 e. The molecular weight excluding hydrogens is 521 g/mol. The van der Waals surface area contributed by atoms with Crippen LogP contribution in [0.1, 0.15) is 30.0 Å². The number of benzene rings is 2. The second-order valence-corrected chi connectivity index (χ2v) is 10.5. The maximum absolute atomic E-state index is 13.8. The minimum atomic E-state index is -0.201. The number of nitrogens with zero attached hydrogens (tertiary/aromatic N) is 6. The van der Waals surface area contributed by atoms with Crippen LogP contribution in [0.15, 0.2) is 59.5 Å². The number of anilines is 2. The number of rotatable bonds is 7. The molecule has 9 heteroatoms. The normalized spacial score (nSPS) is 15.6.